The summed E-state index contributed by atoms with van der Waals surface area (Å²) in [6.45, 7) is 2.07. The van der Waals surface area contributed by atoms with Gasteiger partial charge in [-0.1, -0.05) is 48.4 Å². The highest BCUT2D eigenvalue weighted by Gasteiger charge is 2.10. The van der Waals surface area contributed by atoms with E-state index in [9.17, 15) is 9.90 Å². The van der Waals surface area contributed by atoms with Gasteiger partial charge in [0, 0.05) is 18.0 Å². The van der Waals surface area contributed by atoms with Gasteiger partial charge in [-0.05, 0) is 30.2 Å². The van der Waals surface area contributed by atoms with Gasteiger partial charge in [0.05, 0.1) is 6.10 Å². The molecule has 0 saturated carbocycles. The molecule has 2 aromatic carbocycles. The Bertz CT molecular complexity index is 668. The maximum atomic E-state index is 11.6. The molecule has 0 heterocycles. The fourth-order valence-corrected chi connectivity index (χ4v) is 1.95. The Balaban J connectivity index is 1.90. The van der Waals surface area contributed by atoms with Crippen LogP contribution in [-0.4, -0.2) is 17.6 Å². The molecule has 0 saturated heterocycles. The molecule has 3 heteroatoms. The second-order valence-corrected chi connectivity index (χ2v) is 4.70. The van der Waals surface area contributed by atoms with Crippen molar-refractivity contribution in [2.75, 3.05) is 6.54 Å². The van der Waals surface area contributed by atoms with Crippen LogP contribution in [0.25, 0.3) is 0 Å². The Morgan fingerprint density at radius 1 is 1.14 bits per heavy atom. The van der Waals surface area contributed by atoms with Gasteiger partial charge in [0.1, 0.15) is 0 Å². The van der Waals surface area contributed by atoms with Crippen LogP contribution in [0.1, 0.15) is 22.8 Å². The lowest BCUT2D eigenvalue weighted by molar-refractivity contribution is -0.116. The lowest BCUT2D eigenvalue weighted by Gasteiger charge is -2.13. The maximum absolute atomic E-state index is 11.6. The van der Waals surface area contributed by atoms with E-state index in [1.165, 1.54) is 0 Å². The number of benzene rings is 2. The highest BCUT2D eigenvalue weighted by molar-refractivity contribution is 5.94. The molecular formula is C18H17NO2. The number of hydrogen-bond acceptors (Lipinski definition) is 2. The number of aliphatic hydroxyl groups excluding tert-OH is 1. The van der Waals surface area contributed by atoms with Crippen LogP contribution in [0.2, 0.25) is 0 Å². The zero-order chi connectivity index (χ0) is 15.1. The summed E-state index contributed by atoms with van der Waals surface area (Å²) >= 11 is 0. The van der Waals surface area contributed by atoms with Crippen molar-refractivity contribution in [3.05, 3.63) is 71.3 Å². The van der Waals surface area contributed by atoms with Crippen LogP contribution in [0, 0.1) is 18.8 Å². The number of aliphatic hydroxyl groups is 1. The highest BCUT2D eigenvalue weighted by atomic mass is 16.3. The first-order chi connectivity index (χ1) is 10.2. The summed E-state index contributed by atoms with van der Waals surface area (Å²) in [4.78, 5) is 11.6. The van der Waals surface area contributed by atoms with Crippen molar-refractivity contribution in [2.45, 2.75) is 13.0 Å². The minimum absolute atomic E-state index is 0.146. The fourth-order valence-electron chi connectivity index (χ4n) is 1.95. The molecule has 106 valence electrons. The maximum Gasteiger partial charge on any atom is 0.296 e. The zero-order valence-corrected chi connectivity index (χ0v) is 11.8. The van der Waals surface area contributed by atoms with E-state index >= 15 is 0 Å². The Morgan fingerprint density at radius 2 is 1.81 bits per heavy atom. The molecule has 0 unspecified atom stereocenters. The number of nitrogens with one attached hydrogen (secondary N) is 1. The van der Waals surface area contributed by atoms with E-state index in [4.69, 9.17) is 0 Å². The summed E-state index contributed by atoms with van der Waals surface area (Å²) in [5.41, 5.74) is 2.59. The normalized spacial score (nSPS) is 11.1. The van der Waals surface area contributed by atoms with Gasteiger partial charge in [-0.15, -0.1) is 0 Å². The van der Waals surface area contributed by atoms with Gasteiger partial charge in [0.2, 0.25) is 0 Å². The van der Waals surface area contributed by atoms with Gasteiger partial charge in [0.25, 0.3) is 5.91 Å². The smallest absolute Gasteiger partial charge is 0.296 e. The molecule has 1 atom stereocenters. The second kappa shape index (κ2) is 7.28. The molecule has 0 bridgehead atoms. The first-order valence-corrected chi connectivity index (χ1v) is 6.75. The van der Waals surface area contributed by atoms with E-state index in [2.05, 4.69) is 17.2 Å². The predicted octanol–water partition coefficient (Wildman–Crippen LogP) is 2.20. The van der Waals surface area contributed by atoms with Crippen molar-refractivity contribution >= 4 is 5.91 Å². The van der Waals surface area contributed by atoms with E-state index in [1.54, 1.807) is 0 Å². The van der Waals surface area contributed by atoms with Gasteiger partial charge in [-0.2, -0.15) is 0 Å². The van der Waals surface area contributed by atoms with E-state index in [1.807, 2.05) is 61.5 Å². The standard InChI is InChI=1S/C18H17NO2/c1-14-7-5-6-10-16(14)17(20)13-19-18(21)12-11-15-8-3-2-4-9-15/h2-10,17,20H,13H2,1H3,(H,19,21)/t17-/m1/s1. The Kier molecular flexibility index (Phi) is 5.14. The fraction of sp³-hybridized carbons (Fsp3) is 0.167. The van der Waals surface area contributed by atoms with E-state index in [0.29, 0.717) is 0 Å². The molecule has 3 nitrogen and oxygen atoms in total. The van der Waals surface area contributed by atoms with Gasteiger partial charge in [-0.25, -0.2) is 0 Å². The van der Waals surface area contributed by atoms with Crippen molar-refractivity contribution < 1.29 is 9.90 Å². The number of amides is 1. The summed E-state index contributed by atoms with van der Waals surface area (Å²) in [6.07, 6.45) is -0.728. The molecule has 2 aromatic rings. The molecule has 0 aliphatic heterocycles. The summed E-state index contributed by atoms with van der Waals surface area (Å²) in [6, 6.07) is 16.8. The molecule has 21 heavy (non-hydrogen) atoms. The van der Waals surface area contributed by atoms with Crippen LogP contribution < -0.4 is 5.32 Å². The van der Waals surface area contributed by atoms with Gasteiger partial charge in [0.15, 0.2) is 0 Å². The molecule has 2 rings (SSSR count). The van der Waals surface area contributed by atoms with Crippen molar-refractivity contribution in [2.24, 2.45) is 0 Å². The lowest BCUT2D eigenvalue weighted by Crippen LogP contribution is -2.27. The summed E-state index contributed by atoms with van der Waals surface area (Å²) in [5, 5.41) is 12.7. The summed E-state index contributed by atoms with van der Waals surface area (Å²) in [5.74, 6) is 4.89. The van der Waals surface area contributed by atoms with Crippen LogP contribution in [0.3, 0.4) is 0 Å². The van der Waals surface area contributed by atoms with Gasteiger partial charge < -0.3 is 10.4 Å². The third-order valence-electron chi connectivity index (χ3n) is 3.10. The molecule has 0 radical (unpaired) electrons. The first kappa shape index (κ1) is 14.8. The van der Waals surface area contributed by atoms with Gasteiger partial charge in [-0.3, -0.25) is 4.79 Å². The molecule has 0 aliphatic rings. The SMILES string of the molecule is Cc1ccccc1[C@H](O)CNC(=O)C#Cc1ccccc1. The third kappa shape index (κ3) is 4.48. The average Bonchev–Trinajstić information content (AvgIpc) is 2.52. The Hall–Kier alpha value is -2.57. The zero-order valence-electron chi connectivity index (χ0n) is 11.8. The minimum atomic E-state index is -0.728. The number of aryl methyl sites for hydroxylation is 1. The molecule has 0 aliphatic carbocycles. The molecule has 0 aromatic heterocycles. The third-order valence-corrected chi connectivity index (χ3v) is 3.10. The summed E-state index contributed by atoms with van der Waals surface area (Å²) in [7, 11) is 0. The number of carbonyl (C=O) groups excluding carboxylic acids is 1. The van der Waals surface area contributed by atoms with Crippen molar-refractivity contribution in [3.63, 3.8) is 0 Å². The van der Waals surface area contributed by atoms with Crippen LogP contribution in [0.5, 0.6) is 0 Å². The molecular weight excluding hydrogens is 262 g/mol. The van der Waals surface area contributed by atoms with Crippen molar-refractivity contribution in [3.8, 4) is 11.8 Å². The number of hydrogen-bond donors (Lipinski definition) is 2. The second-order valence-electron chi connectivity index (χ2n) is 4.70. The van der Waals surface area contributed by atoms with Crippen molar-refractivity contribution in [1.29, 1.82) is 0 Å². The average molecular weight is 279 g/mol. The van der Waals surface area contributed by atoms with Crippen LogP contribution >= 0.6 is 0 Å². The lowest BCUT2D eigenvalue weighted by atomic mass is 10.0. The Labute approximate surface area is 124 Å². The van der Waals surface area contributed by atoms with Crippen LogP contribution in [0.4, 0.5) is 0 Å². The monoisotopic (exact) mass is 279 g/mol. The van der Waals surface area contributed by atoms with E-state index in [-0.39, 0.29) is 6.54 Å². The first-order valence-electron chi connectivity index (χ1n) is 6.75. The largest absolute Gasteiger partial charge is 0.387 e. The predicted molar refractivity (Wildman–Crippen MR) is 82.5 cm³/mol. The van der Waals surface area contributed by atoms with Crippen LogP contribution in [0.15, 0.2) is 54.6 Å². The quantitative estimate of drug-likeness (QED) is 0.846. The van der Waals surface area contributed by atoms with Crippen molar-refractivity contribution in [1.82, 2.24) is 5.32 Å². The Morgan fingerprint density at radius 3 is 2.52 bits per heavy atom. The number of rotatable bonds is 3. The molecule has 2 N–H and O–H groups in total. The molecule has 0 fully saturated rings. The number of carbonyl (C=O) groups is 1. The molecule has 0 spiro atoms. The van der Waals surface area contributed by atoms with E-state index < -0.39 is 12.0 Å². The van der Waals surface area contributed by atoms with E-state index in [0.717, 1.165) is 16.7 Å². The minimum Gasteiger partial charge on any atom is -0.387 e. The van der Waals surface area contributed by atoms with Gasteiger partial charge >= 0.3 is 0 Å². The topological polar surface area (TPSA) is 49.3 Å². The summed E-state index contributed by atoms with van der Waals surface area (Å²) < 4.78 is 0. The molecule has 1 amide bonds. The van der Waals surface area contributed by atoms with Crippen LogP contribution in [-0.2, 0) is 4.79 Å². The highest BCUT2D eigenvalue weighted by Crippen LogP contribution is 2.15.